The molecule has 0 unspecified atom stereocenters. The van der Waals surface area contributed by atoms with Crippen molar-refractivity contribution in [3.63, 3.8) is 0 Å². The van der Waals surface area contributed by atoms with Gasteiger partial charge in [0.25, 0.3) is 0 Å². The fraction of sp³-hybridized carbons (Fsp3) is 0.278. The van der Waals surface area contributed by atoms with E-state index < -0.39 is 21.5 Å². The molecule has 0 aliphatic carbocycles. The molecule has 2 aromatic carbocycles. The van der Waals surface area contributed by atoms with E-state index in [-0.39, 0.29) is 23.5 Å². The average molecular weight is 363 g/mol. The molecule has 1 atom stereocenters. The van der Waals surface area contributed by atoms with E-state index in [1.165, 1.54) is 24.3 Å². The fourth-order valence-corrected chi connectivity index (χ4v) is 3.93. The maximum Gasteiger partial charge on any atom is 0.325 e. The quantitative estimate of drug-likeness (QED) is 0.701. The normalized spacial score (nSPS) is 14.0. The van der Waals surface area contributed by atoms with Crippen LogP contribution in [-0.4, -0.2) is 30.1 Å². The minimum Gasteiger partial charge on any atom is -0.508 e. The number of aryl methyl sites for hydroxylation is 1. The molecule has 0 aliphatic rings. The topological polar surface area (TPSA) is 104 Å². The van der Waals surface area contributed by atoms with Crippen molar-refractivity contribution in [1.82, 2.24) is 4.72 Å². The van der Waals surface area contributed by atoms with Gasteiger partial charge in [0.05, 0.1) is 4.90 Å². The van der Waals surface area contributed by atoms with Crippen LogP contribution in [-0.2, 0) is 21.2 Å². The molecule has 0 saturated carbocycles. The van der Waals surface area contributed by atoms with E-state index in [4.69, 9.17) is 0 Å². The lowest BCUT2D eigenvalue weighted by molar-refractivity contribution is -0.144. The van der Waals surface area contributed by atoms with Crippen LogP contribution in [0, 0.1) is 6.92 Å². The van der Waals surface area contributed by atoms with Crippen molar-refractivity contribution in [3.05, 3.63) is 59.7 Å². The van der Waals surface area contributed by atoms with Gasteiger partial charge in [-0.15, -0.1) is 0 Å². The molecule has 25 heavy (non-hydrogen) atoms. The van der Waals surface area contributed by atoms with Crippen LogP contribution in [0.25, 0.3) is 0 Å². The van der Waals surface area contributed by atoms with Crippen molar-refractivity contribution >= 4 is 16.0 Å². The molecule has 0 aromatic heterocycles. The Morgan fingerprint density at radius 2 is 1.64 bits per heavy atom. The summed E-state index contributed by atoms with van der Waals surface area (Å²) in [5.41, 5.74) is -0.169. The molecule has 7 heteroatoms. The van der Waals surface area contributed by atoms with Crippen LogP contribution < -0.4 is 4.72 Å². The van der Waals surface area contributed by atoms with Crippen LogP contribution in [0.2, 0.25) is 0 Å². The summed E-state index contributed by atoms with van der Waals surface area (Å²) in [6.07, 6.45) is 0.0263. The van der Waals surface area contributed by atoms with Gasteiger partial charge in [0.2, 0.25) is 10.0 Å². The van der Waals surface area contributed by atoms with Gasteiger partial charge >= 0.3 is 5.97 Å². The monoisotopic (exact) mass is 363 g/mol. The molecular weight excluding hydrogens is 342 g/mol. The van der Waals surface area contributed by atoms with E-state index in [1.54, 1.807) is 31.2 Å². The Morgan fingerprint density at radius 1 is 1.08 bits per heavy atom. The second-order valence-electron chi connectivity index (χ2n) is 6.00. The second kappa shape index (κ2) is 7.25. The molecule has 0 spiro atoms. The summed E-state index contributed by atoms with van der Waals surface area (Å²) in [5.74, 6) is -1.19. The van der Waals surface area contributed by atoms with Crippen LogP contribution in [0.3, 0.4) is 0 Å². The Balaban J connectivity index is 2.38. The van der Waals surface area contributed by atoms with Gasteiger partial charge in [0.1, 0.15) is 11.3 Å². The summed E-state index contributed by atoms with van der Waals surface area (Å²) < 4.78 is 27.7. The summed E-state index contributed by atoms with van der Waals surface area (Å²) in [5, 5.41) is 19.1. The molecule has 0 bridgehead atoms. The summed E-state index contributed by atoms with van der Waals surface area (Å²) in [6, 6.07) is 12.2. The van der Waals surface area contributed by atoms with Crippen molar-refractivity contribution in [3.8, 4) is 5.75 Å². The van der Waals surface area contributed by atoms with E-state index in [1.807, 2.05) is 6.92 Å². The lowest BCUT2D eigenvalue weighted by atomic mass is 9.89. The lowest BCUT2D eigenvalue weighted by Crippen LogP contribution is -2.55. The summed E-state index contributed by atoms with van der Waals surface area (Å²) in [4.78, 5) is 11.9. The van der Waals surface area contributed by atoms with Gasteiger partial charge in [0, 0.05) is 6.42 Å². The van der Waals surface area contributed by atoms with Gasteiger partial charge in [-0.1, -0.05) is 36.8 Å². The van der Waals surface area contributed by atoms with Crippen molar-refractivity contribution in [2.75, 3.05) is 0 Å². The Bertz CT molecular complexity index is 844. The summed E-state index contributed by atoms with van der Waals surface area (Å²) in [6.45, 7) is 3.45. The first-order valence-electron chi connectivity index (χ1n) is 7.80. The molecule has 0 aliphatic heterocycles. The Morgan fingerprint density at radius 3 is 2.12 bits per heavy atom. The number of phenols is 1. The third-order valence-corrected chi connectivity index (χ3v) is 5.67. The van der Waals surface area contributed by atoms with Gasteiger partial charge in [-0.3, -0.25) is 4.79 Å². The van der Waals surface area contributed by atoms with Crippen LogP contribution in [0.4, 0.5) is 0 Å². The van der Waals surface area contributed by atoms with Gasteiger partial charge < -0.3 is 10.2 Å². The molecule has 2 rings (SSSR count). The maximum atomic E-state index is 12.7. The first-order valence-corrected chi connectivity index (χ1v) is 9.29. The molecule has 134 valence electrons. The lowest BCUT2D eigenvalue weighted by Gasteiger charge is -2.29. The zero-order valence-corrected chi connectivity index (χ0v) is 14.9. The Hall–Kier alpha value is -2.38. The standard InChI is InChI=1S/C18H21NO5S/c1-3-18(17(21)22,12-14-6-8-15(20)9-7-14)19-25(23,24)16-10-4-13(2)5-11-16/h4-11,19-20H,3,12H2,1-2H3,(H,21,22)/t18-/m0/s1. The first kappa shape index (κ1) is 19.0. The highest BCUT2D eigenvalue weighted by atomic mass is 32.2. The molecule has 0 radical (unpaired) electrons. The second-order valence-corrected chi connectivity index (χ2v) is 7.68. The van der Waals surface area contributed by atoms with Crippen molar-refractivity contribution in [2.24, 2.45) is 0 Å². The zero-order chi connectivity index (χ0) is 18.7. The molecule has 2 aromatic rings. The minimum atomic E-state index is -4.00. The van der Waals surface area contributed by atoms with Gasteiger partial charge in [0.15, 0.2) is 0 Å². The highest BCUT2D eigenvalue weighted by molar-refractivity contribution is 7.89. The van der Waals surface area contributed by atoms with Gasteiger partial charge in [-0.2, -0.15) is 4.72 Å². The first-order chi connectivity index (χ1) is 11.7. The minimum absolute atomic E-state index is 0.0166. The molecule has 0 amide bonds. The summed E-state index contributed by atoms with van der Waals surface area (Å²) >= 11 is 0. The summed E-state index contributed by atoms with van der Waals surface area (Å²) in [7, 11) is -4.00. The smallest absolute Gasteiger partial charge is 0.325 e. The van der Waals surface area contributed by atoms with Crippen LogP contribution in [0.15, 0.2) is 53.4 Å². The van der Waals surface area contributed by atoms with E-state index in [0.717, 1.165) is 5.56 Å². The maximum absolute atomic E-state index is 12.7. The number of phenolic OH excluding ortho intramolecular Hbond substituents is 1. The van der Waals surface area contributed by atoms with E-state index in [9.17, 15) is 23.4 Å². The van der Waals surface area contributed by atoms with Crippen molar-refractivity contribution in [1.29, 1.82) is 0 Å². The zero-order valence-electron chi connectivity index (χ0n) is 14.1. The Labute approximate surface area is 147 Å². The number of rotatable bonds is 7. The highest BCUT2D eigenvalue weighted by Gasteiger charge is 2.41. The Kier molecular flexibility index (Phi) is 5.49. The molecule has 6 nitrogen and oxygen atoms in total. The number of nitrogens with one attached hydrogen (secondary N) is 1. The molecule has 0 heterocycles. The van der Waals surface area contributed by atoms with Crippen LogP contribution in [0.5, 0.6) is 5.75 Å². The van der Waals surface area contributed by atoms with Gasteiger partial charge in [-0.05, 0) is 43.2 Å². The molecule has 0 fully saturated rings. The largest absolute Gasteiger partial charge is 0.508 e. The third kappa shape index (κ3) is 4.37. The number of aliphatic carboxylic acids is 1. The van der Waals surface area contributed by atoms with E-state index >= 15 is 0 Å². The van der Waals surface area contributed by atoms with Crippen molar-refractivity contribution < 1.29 is 23.4 Å². The predicted octanol–water partition coefficient (Wildman–Crippen LogP) is 2.46. The third-order valence-electron chi connectivity index (χ3n) is 4.12. The number of hydrogen-bond acceptors (Lipinski definition) is 4. The van der Waals surface area contributed by atoms with E-state index in [0.29, 0.717) is 5.56 Å². The van der Waals surface area contributed by atoms with Crippen LogP contribution >= 0.6 is 0 Å². The number of hydrogen-bond donors (Lipinski definition) is 3. The fourth-order valence-electron chi connectivity index (χ4n) is 2.50. The van der Waals surface area contributed by atoms with Crippen LogP contribution in [0.1, 0.15) is 24.5 Å². The SMILES string of the molecule is CC[C@@](Cc1ccc(O)cc1)(NS(=O)(=O)c1ccc(C)cc1)C(=O)O. The number of aromatic hydroxyl groups is 1. The van der Waals surface area contributed by atoms with E-state index in [2.05, 4.69) is 4.72 Å². The highest BCUT2D eigenvalue weighted by Crippen LogP contribution is 2.23. The average Bonchev–Trinajstić information content (AvgIpc) is 2.56. The number of carboxylic acid groups (broad SMARTS) is 1. The number of carboxylic acids is 1. The number of sulfonamides is 1. The number of benzene rings is 2. The predicted molar refractivity (Wildman–Crippen MR) is 94.0 cm³/mol. The molecular formula is C18H21NO5S. The van der Waals surface area contributed by atoms with Crippen molar-refractivity contribution in [2.45, 2.75) is 37.1 Å². The van der Waals surface area contributed by atoms with Gasteiger partial charge in [-0.25, -0.2) is 8.42 Å². The molecule has 3 N–H and O–H groups in total. The molecule has 0 saturated heterocycles. The number of carbonyl (C=O) groups is 1.